The zero-order chi connectivity index (χ0) is 27.6. The van der Waals surface area contributed by atoms with E-state index in [-0.39, 0.29) is 29.7 Å². The van der Waals surface area contributed by atoms with E-state index < -0.39 is 0 Å². The molecule has 0 aliphatic heterocycles. The Kier molecular flexibility index (Phi) is 10.3. The van der Waals surface area contributed by atoms with Crippen LogP contribution in [0.1, 0.15) is 21.5 Å². The van der Waals surface area contributed by atoms with Crippen LogP contribution >= 0.6 is 27.7 Å². The van der Waals surface area contributed by atoms with E-state index in [1.807, 2.05) is 48.5 Å². The smallest absolute Gasteiger partial charge is 0.262 e. The fourth-order valence-corrected chi connectivity index (χ4v) is 5.10. The molecule has 8 nitrogen and oxygen atoms in total. The molecule has 0 aliphatic rings. The Morgan fingerprint density at radius 3 is 2.49 bits per heavy atom. The zero-order valence-corrected chi connectivity index (χ0v) is 23.9. The van der Waals surface area contributed by atoms with Gasteiger partial charge in [-0.1, -0.05) is 70.2 Å². The maximum absolute atomic E-state index is 13.5. The second-order valence-corrected chi connectivity index (χ2v) is 10.6. The zero-order valence-electron chi connectivity index (χ0n) is 21.5. The number of thioether (sulfide) groups is 1. The Morgan fingerprint density at radius 1 is 0.974 bits per heavy atom. The lowest BCUT2D eigenvalue weighted by atomic mass is 10.1. The maximum atomic E-state index is 13.5. The Hall–Kier alpha value is -3.47. The molecule has 2 N–H and O–H groups in total. The molecule has 0 aliphatic carbocycles. The monoisotopic (exact) mass is 608 g/mol. The van der Waals surface area contributed by atoms with Gasteiger partial charge in [0.15, 0.2) is 5.16 Å². The van der Waals surface area contributed by atoms with E-state index in [1.54, 1.807) is 35.9 Å². The predicted octanol–water partition coefficient (Wildman–Crippen LogP) is 4.03. The van der Waals surface area contributed by atoms with Gasteiger partial charge in [-0.05, 0) is 47.9 Å². The van der Waals surface area contributed by atoms with Crippen LogP contribution in [0.2, 0.25) is 0 Å². The fraction of sp³-hybridized carbons (Fsp3) is 0.241. The molecule has 0 fully saturated rings. The standard InChI is InChI=1S/C29H29BrN4O4S/c1-38-16-15-32-27(36)22-9-7-21(8-10-22)18-34-28(37)24-17-23(30)11-12-25(24)33-29(34)39-19-26(35)31-14-13-20-5-3-2-4-6-20/h2-12,17H,13-16,18-19H2,1H3,(H,31,35)(H,32,36). The van der Waals surface area contributed by atoms with Crippen LogP contribution in [-0.2, 0) is 22.5 Å². The van der Waals surface area contributed by atoms with Crippen molar-refractivity contribution in [2.24, 2.45) is 0 Å². The van der Waals surface area contributed by atoms with Gasteiger partial charge in [-0.25, -0.2) is 4.98 Å². The summed E-state index contributed by atoms with van der Waals surface area (Å²) in [6.07, 6.45) is 0.742. The van der Waals surface area contributed by atoms with Gasteiger partial charge in [-0.2, -0.15) is 0 Å². The van der Waals surface area contributed by atoms with Crippen LogP contribution in [0.3, 0.4) is 0 Å². The molecule has 0 unspecified atom stereocenters. The van der Waals surface area contributed by atoms with Gasteiger partial charge in [0, 0.05) is 30.2 Å². The number of hydrogen-bond donors (Lipinski definition) is 2. The number of methoxy groups -OCH3 is 1. The largest absolute Gasteiger partial charge is 0.383 e. The number of halogens is 1. The van der Waals surface area contributed by atoms with Crippen LogP contribution in [-0.4, -0.2) is 53.9 Å². The van der Waals surface area contributed by atoms with Crippen LogP contribution in [0.5, 0.6) is 0 Å². The number of rotatable bonds is 12. The Morgan fingerprint density at radius 2 is 1.74 bits per heavy atom. The van der Waals surface area contributed by atoms with Gasteiger partial charge < -0.3 is 15.4 Å². The van der Waals surface area contributed by atoms with E-state index in [1.165, 1.54) is 11.8 Å². The molecule has 4 aromatic rings. The van der Waals surface area contributed by atoms with Crippen molar-refractivity contribution >= 4 is 50.4 Å². The van der Waals surface area contributed by atoms with Gasteiger partial charge in [0.05, 0.1) is 29.8 Å². The van der Waals surface area contributed by atoms with E-state index in [2.05, 4.69) is 26.6 Å². The lowest BCUT2D eigenvalue weighted by Crippen LogP contribution is -2.28. The van der Waals surface area contributed by atoms with Crippen LogP contribution in [0.15, 0.2) is 87.2 Å². The van der Waals surface area contributed by atoms with Gasteiger partial charge in [0.25, 0.3) is 11.5 Å². The summed E-state index contributed by atoms with van der Waals surface area (Å²) in [6, 6.07) is 22.4. The van der Waals surface area contributed by atoms with Crippen molar-refractivity contribution in [3.8, 4) is 0 Å². The molecular formula is C29H29BrN4O4S. The predicted molar refractivity (Wildman–Crippen MR) is 157 cm³/mol. The SMILES string of the molecule is COCCNC(=O)c1ccc(Cn2c(SCC(=O)NCCc3ccccc3)nc3ccc(Br)cc3c2=O)cc1. The molecule has 0 saturated carbocycles. The van der Waals surface area contributed by atoms with E-state index in [0.717, 1.165) is 22.0 Å². The van der Waals surface area contributed by atoms with Crippen molar-refractivity contribution in [1.29, 1.82) is 0 Å². The minimum Gasteiger partial charge on any atom is -0.383 e. The van der Waals surface area contributed by atoms with Crippen molar-refractivity contribution in [2.75, 3.05) is 32.6 Å². The third-order valence-corrected chi connectivity index (χ3v) is 7.41. The Bertz CT molecular complexity index is 1490. The lowest BCUT2D eigenvalue weighted by molar-refractivity contribution is -0.118. The van der Waals surface area contributed by atoms with Crippen molar-refractivity contribution in [1.82, 2.24) is 20.2 Å². The average Bonchev–Trinajstić information content (AvgIpc) is 2.95. The summed E-state index contributed by atoms with van der Waals surface area (Å²) < 4.78 is 7.32. The fourth-order valence-electron chi connectivity index (χ4n) is 3.91. The normalized spacial score (nSPS) is 10.9. The maximum Gasteiger partial charge on any atom is 0.262 e. The van der Waals surface area contributed by atoms with Gasteiger partial charge in [-0.15, -0.1) is 0 Å². The van der Waals surface area contributed by atoms with Gasteiger partial charge >= 0.3 is 0 Å². The summed E-state index contributed by atoms with van der Waals surface area (Å²) in [5.41, 5.74) is 2.87. The molecule has 2 amide bonds. The number of aromatic nitrogens is 2. The summed E-state index contributed by atoms with van der Waals surface area (Å²) in [7, 11) is 1.58. The first-order valence-corrected chi connectivity index (χ1v) is 14.2. The molecular weight excluding hydrogens is 580 g/mol. The van der Waals surface area contributed by atoms with E-state index in [9.17, 15) is 14.4 Å². The summed E-state index contributed by atoms with van der Waals surface area (Å²) in [4.78, 5) is 43.1. The van der Waals surface area contributed by atoms with E-state index in [4.69, 9.17) is 9.72 Å². The molecule has 0 atom stereocenters. The van der Waals surface area contributed by atoms with Crippen LogP contribution < -0.4 is 16.2 Å². The molecule has 39 heavy (non-hydrogen) atoms. The second kappa shape index (κ2) is 14.1. The first kappa shape index (κ1) is 28.5. The van der Waals surface area contributed by atoms with Crippen LogP contribution in [0.25, 0.3) is 10.9 Å². The molecule has 4 rings (SSSR count). The number of hydrogen-bond acceptors (Lipinski definition) is 6. The number of fused-ring (bicyclic) bond motifs is 1. The molecule has 10 heteroatoms. The Balaban J connectivity index is 1.49. The molecule has 202 valence electrons. The van der Waals surface area contributed by atoms with Gasteiger partial charge in [0.1, 0.15) is 0 Å². The first-order valence-electron chi connectivity index (χ1n) is 12.4. The summed E-state index contributed by atoms with van der Waals surface area (Å²) >= 11 is 4.66. The molecule has 3 aromatic carbocycles. The minimum atomic E-state index is -0.199. The third kappa shape index (κ3) is 8.01. The molecule has 1 heterocycles. The first-order chi connectivity index (χ1) is 18.9. The van der Waals surface area contributed by atoms with E-state index >= 15 is 0 Å². The minimum absolute atomic E-state index is 0.128. The van der Waals surface area contributed by atoms with Crippen molar-refractivity contribution in [3.63, 3.8) is 0 Å². The summed E-state index contributed by atoms with van der Waals surface area (Å²) in [5.74, 6) is -0.192. The highest BCUT2D eigenvalue weighted by Gasteiger charge is 2.15. The number of benzene rings is 3. The van der Waals surface area contributed by atoms with Crippen LogP contribution in [0.4, 0.5) is 0 Å². The molecule has 0 bridgehead atoms. The topological polar surface area (TPSA) is 102 Å². The van der Waals surface area contributed by atoms with Crippen molar-refractivity contribution in [3.05, 3.63) is 104 Å². The highest BCUT2D eigenvalue weighted by molar-refractivity contribution is 9.10. The lowest BCUT2D eigenvalue weighted by Gasteiger charge is -2.14. The Labute approximate surface area is 239 Å². The molecule has 1 aromatic heterocycles. The second-order valence-electron chi connectivity index (χ2n) is 8.77. The number of amides is 2. The van der Waals surface area contributed by atoms with Gasteiger partial charge in [0.2, 0.25) is 5.91 Å². The highest BCUT2D eigenvalue weighted by atomic mass is 79.9. The molecule has 0 radical (unpaired) electrons. The third-order valence-electron chi connectivity index (χ3n) is 5.94. The highest BCUT2D eigenvalue weighted by Crippen LogP contribution is 2.21. The number of ether oxygens (including phenoxy) is 1. The summed E-state index contributed by atoms with van der Waals surface area (Å²) in [6.45, 7) is 1.63. The summed E-state index contributed by atoms with van der Waals surface area (Å²) in [5, 5.41) is 6.66. The van der Waals surface area contributed by atoms with Crippen LogP contribution in [0, 0.1) is 0 Å². The molecule has 0 saturated heterocycles. The number of carbonyl (C=O) groups excluding carboxylic acids is 2. The number of nitrogens with zero attached hydrogens (tertiary/aromatic N) is 2. The number of carbonyl (C=O) groups is 2. The molecule has 0 spiro atoms. The number of nitrogens with one attached hydrogen (secondary N) is 2. The quantitative estimate of drug-likeness (QED) is 0.143. The van der Waals surface area contributed by atoms with E-state index in [0.29, 0.717) is 41.3 Å². The van der Waals surface area contributed by atoms with Crippen molar-refractivity contribution < 1.29 is 14.3 Å². The van der Waals surface area contributed by atoms with Crippen molar-refractivity contribution in [2.45, 2.75) is 18.1 Å². The van der Waals surface area contributed by atoms with Gasteiger partial charge in [-0.3, -0.25) is 19.0 Å². The average molecular weight is 610 g/mol.